The number of Topliss-reactive ketones (excluding diaryl/α,β-unsaturated/α-hetero) is 1. The first kappa shape index (κ1) is 20.7. The topological polar surface area (TPSA) is 51.2 Å². The second-order valence-electron chi connectivity index (χ2n) is 6.97. The Morgan fingerprint density at radius 2 is 1.42 bits per heavy atom. The summed E-state index contributed by atoms with van der Waals surface area (Å²) in [5.41, 5.74) is 2.18. The molecule has 2 aromatic rings. The molecule has 0 bridgehead atoms. The average molecular weight is 391 g/mol. The van der Waals surface area contributed by atoms with Crippen molar-refractivity contribution in [2.75, 3.05) is 11.5 Å². The van der Waals surface area contributed by atoms with Crippen LogP contribution in [0.25, 0.3) is 0 Å². The van der Waals surface area contributed by atoms with Crippen molar-refractivity contribution in [3.05, 3.63) is 59.7 Å². The van der Waals surface area contributed by atoms with Crippen LogP contribution < -0.4 is 0 Å². The first-order chi connectivity index (χ1) is 12.2. The molecule has 2 aromatic carbocycles. The SMILES string of the molecule is Cc1ccc(SCC(CS(=O)(=O)c2ccc(C)cc2)C(=O)C(C)C)cc1. The van der Waals surface area contributed by atoms with Crippen LogP contribution in [0, 0.1) is 25.7 Å². The molecule has 0 N–H and O–H groups in total. The van der Waals surface area contributed by atoms with Crippen molar-refractivity contribution in [2.45, 2.75) is 37.5 Å². The molecule has 0 heterocycles. The van der Waals surface area contributed by atoms with Crippen LogP contribution in [0.2, 0.25) is 0 Å². The number of ketones is 1. The number of carbonyl (C=O) groups is 1. The standard InChI is InChI=1S/C21H26O3S2/c1-15(2)21(22)18(13-25-19-9-5-16(3)6-10-19)14-26(23,24)20-11-7-17(4)8-12-20/h5-12,15,18H,13-14H2,1-4H3. The lowest BCUT2D eigenvalue weighted by molar-refractivity contribution is -0.124. The summed E-state index contributed by atoms with van der Waals surface area (Å²) in [6.45, 7) is 7.59. The summed E-state index contributed by atoms with van der Waals surface area (Å²) in [5, 5.41) is 0. The van der Waals surface area contributed by atoms with E-state index in [0.29, 0.717) is 5.75 Å². The minimum absolute atomic E-state index is 0.000276. The van der Waals surface area contributed by atoms with Gasteiger partial charge < -0.3 is 0 Å². The van der Waals surface area contributed by atoms with Gasteiger partial charge in [-0.3, -0.25) is 4.79 Å². The minimum Gasteiger partial charge on any atom is -0.299 e. The lowest BCUT2D eigenvalue weighted by atomic mass is 9.99. The summed E-state index contributed by atoms with van der Waals surface area (Å²) in [6.07, 6.45) is 0. The third-order valence-corrected chi connectivity index (χ3v) is 7.25. The molecule has 3 nitrogen and oxygen atoms in total. The highest BCUT2D eigenvalue weighted by molar-refractivity contribution is 7.99. The van der Waals surface area contributed by atoms with E-state index in [1.807, 2.05) is 52.0 Å². The number of thioether (sulfide) groups is 1. The zero-order valence-corrected chi connectivity index (χ0v) is 17.4. The fourth-order valence-corrected chi connectivity index (χ4v) is 5.33. The van der Waals surface area contributed by atoms with E-state index in [9.17, 15) is 13.2 Å². The van der Waals surface area contributed by atoms with Gasteiger partial charge in [-0.1, -0.05) is 49.2 Å². The maximum atomic E-state index is 12.8. The number of rotatable bonds is 8. The van der Waals surface area contributed by atoms with E-state index < -0.39 is 15.8 Å². The van der Waals surface area contributed by atoms with Crippen LogP contribution in [-0.4, -0.2) is 25.7 Å². The molecule has 0 saturated carbocycles. The number of sulfone groups is 1. The molecule has 0 aromatic heterocycles. The average Bonchev–Trinajstić information content (AvgIpc) is 2.59. The molecule has 0 radical (unpaired) electrons. The Hall–Kier alpha value is -1.59. The molecule has 2 rings (SSSR count). The monoisotopic (exact) mass is 390 g/mol. The lowest BCUT2D eigenvalue weighted by Crippen LogP contribution is -2.29. The third-order valence-electron chi connectivity index (χ3n) is 4.24. The molecular weight excluding hydrogens is 364 g/mol. The molecular formula is C21H26O3S2. The maximum Gasteiger partial charge on any atom is 0.179 e. The van der Waals surface area contributed by atoms with Crippen LogP contribution in [0.5, 0.6) is 0 Å². The molecule has 5 heteroatoms. The van der Waals surface area contributed by atoms with Gasteiger partial charge in [0.2, 0.25) is 0 Å². The molecule has 0 aliphatic rings. The lowest BCUT2D eigenvalue weighted by Gasteiger charge is -2.18. The van der Waals surface area contributed by atoms with Crippen molar-refractivity contribution in [1.82, 2.24) is 0 Å². The van der Waals surface area contributed by atoms with Gasteiger partial charge in [0.15, 0.2) is 9.84 Å². The Balaban J connectivity index is 2.17. The van der Waals surface area contributed by atoms with Crippen molar-refractivity contribution < 1.29 is 13.2 Å². The number of benzene rings is 2. The van der Waals surface area contributed by atoms with Gasteiger partial charge in [-0.2, -0.15) is 0 Å². The summed E-state index contributed by atoms with van der Waals surface area (Å²) in [6, 6.07) is 14.9. The van der Waals surface area contributed by atoms with E-state index in [1.165, 1.54) is 17.3 Å². The molecule has 0 spiro atoms. The molecule has 0 aliphatic carbocycles. The first-order valence-electron chi connectivity index (χ1n) is 8.71. The zero-order valence-electron chi connectivity index (χ0n) is 15.7. The van der Waals surface area contributed by atoms with E-state index in [0.717, 1.165) is 10.5 Å². The number of carbonyl (C=O) groups excluding carboxylic acids is 1. The van der Waals surface area contributed by atoms with Gasteiger partial charge in [0, 0.05) is 22.5 Å². The third kappa shape index (κ3) is 5.71. The number of hydrogen-bond acceptors (Lipinski definition) is 4. The fraction of sp³-hybridized carbons (Fsp3) is 0.381. The molecule has 1 atom stereocenters. The molecule has 0 amide bonds. The Bertz CT molecular complexity index is 836. The Morgan fingerprint density at radius 3 is 1.92 bits per heavy atom. The van der Waals surface area contributed by atoms with Gasteiger partial charge in [0.05, 0.1) is 10.6 Å². The van der Waals surface area contributed by atoms with E-state index in [1.54, 1.807) is 24.3 Å². The number of hydrogen-bond donors (Lipinski definition) is 0. The van der Waals surface area contributed by atoms with Crippen LogP contribution in [-0.2, 0) is 14.6 Å². The highest BCUT2D eigenvalue weighted by Crippen LogP contribution is 2.25. The molecule has 0 saturated heterocycles. The second-order valence-corrected chi connectivity index (χ2v) is 10.1. The van der Waals surface area contributed by atoms with Gasteiger partial charge >= 0.3 is 0 Å². The van der Waals surface area contributed by atoms with Crippen LogP contribution in [0.15, 0.2) is 58.3 Å². The van der Waals surface area contributed by atoms with Crippen molar-refractivity contribution in [3.8, 4) is 0 Å². The van der Waals surface area contributed by atoms with Crippen LogP contribution in [0.3, 0.4) is 0 Å². The smallest absolute Gasteiger partial charge is 0.179 e. The van der Waals surface area contributed by atoms with Crippen LogP contribution in [0.4, 0.5) is 0 Å². The molecule has 0 fully saturated rings. The van der Waals surface area contributed by atoms with Gasteiger partial charge in [-0.25, -0.2) is 8.42 Å². The Kier molecular flexibility index (Phi) is 7.07. The van der Waals surface area contributed by atoms with Crippen LogP contribution >= 0.6 is 11.8 Å². The molecule has 140 valence electrons. The Morgan fingerprint density at radius 1 is 0.923 bits per heavy atom. The predicted molar refractivity (Wildman–Crippen MR) is 108 cm³/mol. The van der Waals surface area contributed by atoms with Gasteiger partial charge in [-0.05, 0) is 38.1 Å². The van der Waals surface area contributed by atoms with Crippen molar-refractivity contribution in [2.24, 2.45) is 11.8 Å². The quantitative estimate of drug-likeness (QED) is 0.613. The van der Waals surface area contributed by atoms with Crippen molar-refractivity contribution in [1.29, 1.82) is 0 Å². The van der Waals surface area contributed by atoms with E-state index in [2.05, 4.69) is 0 Å². The van der Waals surface area contributed by atoms with Crippen molar-refractivity contribution in [3.63, 3.8) is 0 Å². The summed E-state index contributed by atoms with van der Waals surface area (Å²) in [4.78, 5) is 13.9. The zero-order chi connectivity index (χ0) is 19.3. The Labute approximate surface area is 161 Å². The van der Waals surface area contributed by atoms with E-state index in [4.69, 9.17) is 0 Å². The predicted octanol–water partition coefficient (Wildman–Crippen LogP) is 4.71. The fourth-order valence-electron chi connectivity index (χ4n) is 2.62. The van der Waals surface area contributed by atoms with Crippen molar-refractivity contribution >= 4 is 27.4 Å². The summed E-state index contributed by atoms with van der Waals surface area (Å²) in [5.74, 6) is -0.392. The molecule has 0 aliphatic heterocycles. The van der Waals surface area contributed by atoms with Gasteiger partial charge in [0.25, 0.3) is 0 Å². The van der Waals surface area contributed by atoms with Gasteiger partial charge in [0.1, 0.15) is 5.78 Å². The van der Waals surface area contributed by atoms with E-state index >= 15 is 0 Å². The van der Waals surface area contributed by atoms with Gasteiger partial charge in [-0.15, -0.1) is 11.8 Å². The maximum absolute atomic E-state index is 12.8. The minimum atomic E-state index is -3.50. The van der Waals surface area contributed by atoms with E-state index in [-0.39, 0.29) is 22.3 Å². The largest absolute Gasteiger partial charge is 0.299 e. The van der Waals surface area contributed by atoms with Crippen LogP contribution in [0.1, 0.15) is 25.0 Å². The first-order valence-corrected chi connectivity index (χ1v) is 11.4. The summed E-state index contributed by atoms with van der Waals surface area (Å²) in [7, 11) is -3.50. The highest BCUT2D eigenvalue weighted by atomic mass is 32.2. The second kappa shape index (κ2) is 8.87. The molecule has 26 heavy (non-hydrogen) atoms. The normalized spacial score (nSPS) is 13.0. The summed E-state index contributed by atoms with van der Waals surface area (Å²) >= 11 is 1.54. The highest BCUT2D eigenvalue weighted by Gasteiger charge is 2.28. The summed E-state index contributed by atoms with van der Waals surface area (Å²) < 4.78 is 25.6. The number of aryl methyl sites for hydroxylation is 2. The molecule has 1 unspecified atom stereocenters.